The number of nitrogens with one attached hydrogen (secondary N) is 3. The number of thioether (sulfide) groups is 1. The number of β-lactam (4-membered cyclic amide) rings is 1. The van der Waals surface area contributed by atoms with E-state index in [-0.39, 0.29) is 42.3 Å². The number of benzene rings is 1. The molecule has 44 heavy (non-hydrogen) atoms. The lowest BCUT2D eigenvalue weighted by Crippen LogP contribution is -2.50. The molecule has 1 aliphatic rings. The molecule has 0 radical (unpaired) electrons. The van der Waals surface area contributed by atoms with Gasteiger partial charge in [-0.05, 0) is 38.0 Å². The van der Waals surface area contributed by atoms with Crippen LogP contribution in [-0.4, -0.2) is 101 Å². The monoisotopic (exact) mass is 633 g/mol. The first-order valence-corrected chi connectivity index (χ1v) is 15.3. The van der Waals surface area contributed by atoms with Gasteiger partial charge in [-0.3, -0.25) is 33.4 Å². The summed E-state index contributed by atoms with van der Waals surface area (Å²) in [5.74, 6) is -2.14. The van der Waals surface area contributed by atoms with Gasteiger partial charge in [-0.1, -0.05) is 12.1 Å². The van der Waals surface area contributed by atoms with E-state index < -0.39 is 37.0 Å². The van der Waals surface area contributed by atoms with Gasteiger partial charge < -0.3 is 35.6 Å². The number of aryl methyl sites for hydroxylation is 1. The molecule has 2 aromatic rings. The van der Waals surface area contributed by atoms with E-state index >= 15 is 0 Å². The molecule has 15 heteroatoms. The minimum absolute atomic E-state index is 0.0496. The van der Waals surface area contributed by atoms with Crippen molar-refractivity contribution < 1.29 is 43.7 Å². The Balaban J connectivity index is 1.43. The van der Waals surface area contributed by atoms with Gasteiger partial charge >= 0.3 is 0 Å². The highest BCUT2D eigenvalue weighted by Crippen LogP contribution is 2.35. The Hall–Kier alpha value is -4.08. The Morgan fingerprint density at radius 2 is 1.77 bits per heavy atom. The first kappa shape index (κ1) is 34.4. The van der Waals surface area contributed by atoms with Crippen LogP contribution in [0.1, 0.15) is 32.3 Å². The van der Waals surface area contributed by atoms with Crippen LogP contribution in [0.25, 0.3) is 0 Å². The molecule has 0 unspecified atom stereocenters. The van der Waals surface area contributed by atoms with Crippen molar-refractivity contribution >= 4 is 47.0 Å². The normalized spacial score (nSPS) is 13.2. The fraction of sp³-hybridized carbons (Fsp3) is 0.483. The van der Waals surface area contributed by atoms with Gasteiger partial charge in [0.25, 0.3) is 0 Å². The van der Waals surface area contributed by atoms with Crippen LogP contribution < -0.4 is 16.0 Å². The summed E-state index contributed by atoms with van der Waals surface area (Å²) in [4.78, 5) is 62.6. The maximum absolute atomic E-state index is 12.8. The van der Waals surface area contributed by atoms with Crippen LogP contribution in [0.4, 0.5) is 5.69 Å². The van der Waals surface area contributed by atoms with Gasteiger partial charge in [-0.25, -0.2) is 0 Å². The van der Waals surface area contributed by atoms with Gasteiger partial charge in [0.15, 0.2) is 5.88 Å². The molecule has 1 saturated heterocycles. The molecule has 14 nitrogen and oxygen atoms in total. The number of nitrogens with zero attached hydrogens (tertiary/aromatic N) is 2. The SMILES string of the molecule is CCOCCNC(=O)[C@H](CSc1cc(O)n(CC)c1O)NC(=O)COCC(=O)Nc1ccc(CCC(=O)N2CCC2=O)cc1. The van der Waals surface area contributed by atoms with Crippen LogP contribution in [0, 0.1) is 0 Å². The summed E-state index contributed by atoms with van der Waals surface area (Å²) < 4.78 is 11.8. The molecule has 1 atom stereocenters. The van der Waals surface area contributed by atoms with Gasteiger partial charge in [0.05, 0.1) is 11.5 Å². The van der Waals surface area contributed by atoms with E-state index in [9.17, 15) is 34.2 Å². The van der Waals surface area contributed by atoms with E-state index in [1.807, 2.05) is 6.92 Å². The molecule has 0 aliphatic carbocycles. The summed E-state index contributed by atoms with van der Waals surface area (Å²) >= 11 is 1.08. The second-order valence-electron chi connectivity index (χ2n) is 9.78. The first-order valence-electron chi connectivity index (χ1n) is 14.3. The highest BCUT2D eigenvalue weighted by molar-refractivity contribution is 7.99. The van der Waals surface area contributed by atoms with E-state index in [1.54, 1.807) is 31.2 Å². The van der Waals surface area contributed by atoms with Gasteiger partial charge in [-0.15, -0.1) is 11.8 Å². The number of aromatic nitrogens is 1. The zero-order valence-corrected chi connectivity index (χ0v) is 25.6. The maximum atomic E-state index is 12.8. The van der Waals surface area contributed by atoms with E-state index in [0.29, 0.717) is 49.7 Å². The number of carbonyl (C=O) groups excluding carboxylic acids is 5. The minimum Gasteiger partial charge on any atom is -0.494 e. The third kappa shape index (κ3) is 10.3. The standard InChI is InChI=1S/C29H39N5O9S/c1-3-33-27(39)15-22(29(33)41)44-18-21(28(40)30-12-14-42-4-2)32-24(36)17-43-16-23(35)31-20-8-5-19(6-9-20)7-10-25(37)34-13-11-26(34)38/h5-6,8-9,15,21,39,41H,3-4,7,10-14,16-18H2,1-2H3,(H,30,40)(H,31,35)(H,32,36)/t21-/m0/s1. The topological polar surface area (TPSA) is 189 Å². The van der Waals surface area contributed by atoms with Gasteiger partial charge in [0.2, 0.25) is 35.4 Å². The third-order valence-corrected chi connectivity index (χ3v) is 7.73. The summed E-state index contributed by atoms with van der Waals surface area (Å²) in [6, 6.07) is 7.27. The summed E-state index contributed by atoms with van der Waals surface area (Å²) in [6.45, 7) is 4.53. The van der Waals surface area contributed by atoms with E-state index in [2.05, 4.69) is 16.0 Å². The van der Waals surface area contributed by atoms with E-state index in [0.717, 1.165) is 17.3 Å². The summed E-state index contributed by atoms with van der Waals surface area (Å²) in [6.07, 6.45) is 1.10. The number of amides is 5. The number of hydrogen-bond acceptors (Lipinski definition) is 10. The number of hydrogen-bond donors (Lipinski definition) is 5. The second kappa shape index (κ2) is 17.3. The lowest BCUT2D eigenvalue weighted by atomic mass is 10.1. The number of likely N-dealkylation sites (tertiary alicyclic amines) is 1. The number of imide groups is 1. The average Bonchev–Trinajstić information content (AvgIpc) is 3.27. The molecule has 1 aliphatic heterocycles. The Bertz CT molecular complexity index is 1320. The molecule has 240 valence electrons. The van der Waals surface area contributed by atoms with Gasteiger partial charge in [0.1, 0.15) is 19.3 Å². The van der Waals surface area contributed by atoms with Crippen LogP contribution in [0.2, 0.25) is 0 Å². The smallest absolute Gasteiger partial charge is 0.250 e. The largest absolute Gasteiger partial charge is 0.494 e. The Morgan fingerprint density at radius 3 is 2.39 bits per heavy atom. The number of aromatic hydroxyl groups is 2. The number of rotatable bonds is 18. The lowest BCUT2D eigenvalue weighted by Gasteiger charge is -2.28. The minimum atomic E-state index is -1.00. The first-order chi connectivity index (χ1) is 21.1. The van der Waals surface area contributed by atoms with Gasteiger partial charge in [0, 0.05) is 56.6 Å². The van der Waals surface area contributed by atoms with Crippen LogP contribution in [0.15, 0.2) is 35.2 Å². The number of anilines is 1. The third-order valence-electron chi connectivity index (χ3n) is 6.62. The molecule has 3 rings (SSSR count). The summed E-state index contributed by atoms with van der Waals surface area (Å²) in [5, 5.41) is 28.2. The van der Waals surface area contributed by atoms with E-state index in [4.69, 9.17) is 9.47 Å². The zero-order valence-electron chi connectivity index (χ0n) is 24.8. The van der Waals surface area contributed by atoms with Crippen molar-refractivity contribution in [3.8, 4) is 11.8 Å². The molecule has 5 N–H and O–H groups in total. The predicted molar refractivity (Wildman–Crippen MR) is 161 cm³/mol. The zero-order chi connectivity index (χ0) is 32.1. The lowest BCUT2D eigenvalue weighted by molar-refractivity contribution is -0.152. The Labute approximate surface area is 259 Å². The van der Waals surface area contributed by atoms with Gasteiger partial charge in [-0.2, -0.15) is 0 Å². The summed E-state index contributed by atoms with van der Waals surface area (Å²) in [5.41, 5.74) is 1.38. The quantitative estimate of drug-likeness (QED) is 0.0900. The highest BCUT2D eigenvalue weighted by Gasteiger charge is 2.29. The number of ether oxygens (including phenoxy) is 2. The predicted octanol–water partition coefficient (Wildman–Crippen LogP) is 0.996. The van der Waals surface area contributed by atoms with Crippen LogP contribution in [0.3, 0.4) is 0 Å². The van der Waals surface area contributed by atoms with Crippen molar-refractivity contribution in [2.45, 2.75) is 50.6 Å². The molecule has 0 saturated carbocycles. The van der Waals surface area contributed by atoms with Crippen molar-refractivity contribution in [2.24, 2.45) is 0 Å². The van der Waals surface area contributed by atoms with Crippen molar-refractivity contribution in [3.63, 3.8) is 0 Å². The molecule has 0 bridgehead atoms. The number of carbonyl (C=O) groups is 5. The van der Waals surface area contributed by atoms with Crippen molar-refractivity contribution in [1.29, 1.82) is 0 Å². The Morgan fingerprint density at radius 1 is 1.05 bits per heavy atom. The molecular formula is C29H39N5O9S. The fourth-order valence-corrected chi connectivity index (χ4v) is 5.19. The molecule has 5 amide bonds. The fourth-order valence-electron chi connectivity index (χ4n) is 4.18. The molecule has 2 heterocycles. The molecule has 1 aromatic heterocycles. The molecular weight excluding hydrogens is 594 g/mol. The van der Waals surface area contributed by atoms with Crippen LogP contribution >= 0.6 is 11.8 Å². The van der Waals surface area contributed by atoms with Crippen LogP contribution in [-0.2, 0) is 46.4 Å². The average molecular weight is 634 g/mol. The van der Waals surface area contributed by atoms with Crippen molar-refractivity contribution in [3.05, 3.63) is 35.9 Å². The molecule has 0 spiro atoms. The maximum Gasteiger partial charge on any atom is 0.250 e. The van der Waals surface area contributed by atoms with Crippen LogP contribution in [0.5, 0.6) is 11.8 Å². The van der Waals surface area contributed by atoms with Crippen molar-refractivity contribution in [1.82, 2.24) is 20.1 Å². The van der Waals surface area contributed by atoms with E-state index in [1.165, 1.54) is 15.5 Å². The molecule has 1 aromatic carbocycles. The van der Waals surface area contributed by atoms with Crippen molar-refractivity contribution in [2.75, 3.05) is 50.6 Å². The summed E-state index contributed by atoms with van der Waals surface area (Å²) in [7, 11) is 0. The highest BCUT2D eigenvalue weighted by atomic mass is 32.2. The second-order valence-corrected chi connectivity index (χ2v) is 10.8. The Kier molecular flexibility index (Phi) is 13.5. The molecule has 1 fully saturated rings.